The van der Waals surface area contributed by atoms with E-state index >= 15 is 0 Å². The number of nitro groups is 1. The maximum absolute atomic E-state index is 11.2. The van der Waals surface area contributed by atoms with Crippen molar-refractivity contribution in [2.24, 2.45) is 0 Å². The number of hydrogen-bond donors (Lipinski definition) is 0. The molecule has 6 nitrogen and oxygen atoms in total. The number of carbonyl (C=O) groups excluding carboxylic acids is 2. The van der Waals surface area contributed by atoms with Crippen LogP contribution in [0.15, 0.2) is 24.3 Å². The molecule has 0 aliphatic carbocycles. The summed E-state index contributed by atoms with van der Waals surface area (Å²) in [6.07, 6.45) is 3.71. The topological polar surface area (TPSA) is 86.5 Å². The predicted octanol–water partition coefficient (Wildman–Crippen LogP) is 1.35. The van der Waals surface area contributed by atoms with E-state index in [4.69, 9.17) is 4.74 Å². The number of rotatable bonds is 3. The van der Waals surface area contributed by atoms with Crippen LogP contribution in [0.1, 0.15) is 11.1 Å². The third-order valence-electron chi connectivity index (χ3n) is 2.56. The van der Waals surface area contributed by atoms with Crippen molar-refractivity contribution < 1.29 is 19.2 Å². The van der Waals surface area contributed by atoms with Gasteiger partial charge in [-0.1, -0.05) is 6.08 Å². The van der Waals surface area contributed by atoms with Crippen LogP contribution in [0.4, 0.5) is 5.69 Å². The first kappa shape index (κ1) is 12.0. The molecule has 0 spiro atoms. The van der Waals surface area contributed by atoms with Crippen LogP contribution < -0.4 is 4.74 Å². The van der Waals surface area contributed by atoms with Crippen LogP contribution in [0, 0.1) is 10.1 Å². The number of hydrogen-bond acceptors (Lipinski definition) is 5. The lowest BCUT2D eigenvalue weighted by molar-refractivity contribution is -0.385. The number of esters is 1. The van der Waals surface area contributed by atoms with Gasteiger partial charge in [0.2, 0.25) is 0 Å². The summed E-state index contributed by atoms with van der Waals surface area (Å²) in [6, 6.07) is 2.73. The van der Waals surface area contributed by atoms with E-state index in [1.54, 1.807) is 6.08 Å². The number of carbonyl (C=O) groups is 2. The van der Waals surface area contributed by atoms with E-state index in [1.807, 2.05) is 0 Å². The Labute approximate surface area is 102 Å². The summed E-state index contributed by atoms with van der Waals surface area (Å²) >= 11 is 0. The van der Waals surface area contributed by atoms with Gasteiger partial charge in [-0.05, 0) is 12.5 Å². The Hall–Kier alpha value is -2.50. The molecule has 6 heteroatoms. The van der Waals surface area contributed by atoms with E-state index in [-0.39, 0.29) is 23.4 Å². The summed E-state index contributed by atoms with van der Waals surface area (Å²) in [6.45, 7) is 0. The Morgan fingerprint density at radius 2 is 2.22 bits per heavy atom. The fourth-order valence-corrected chi connectivity index (χ4v) is 1.76. The standard InChI is InChI=1S/C12H9NO5/c14-5-4-8-7-11-9(6-10(8)13(16)17)2-1-3-12(15)18-11/h1,3,5-7H,2,4H2. The first-order valence-electron chi connectivity index (χ1n) is 5.24. The van der Waals surface area contributed by atoms with Crippen molar-refractivity contribution in [3.05, 3.63) is 45.5 Å². The maximum Gasteiger partial charge on any atom is 0.335 e. The second-order valence-corrected chi connectivity index (χ2v) is 3.74. The first-order chi connectivity index (χ1) is 8.61. The van der Waals surface area contributed by atoms with Crippen LogP contribution in [0.3, 0.4) is 0 Å². The van der Waals surface area contributed by atoms with E-state index in [9.17, 15) is 19.7 Å². The van der Waals surface area contributed by atoms with Gasteiger partial charge < -0.3 is 9.53 Å². The number of nitrogens with zero attached hydrogens (tertiary/aromatic N) is 1. The largest absolute Gasteiger partial charge is 0.423 e. The molecule has 18 heavy (non-hydrogen) atoms. The monoisotopic (exact) mass is 247 g/mol. The number of aldehydes is 1. The van der Waals surface area contributed by atoms with Crippen LogP contribution in [0.5, 0.6) is 5.75 Å². The first-order valence-corrected chi connectivity index (χ1v) is 5.24. The van der Waals surface area contributed by atoms with E-state index in [0.717, 1.165) is 0 Å². The highest BCUT2D eigenvalue weighted by Gasteiger charge is 2.20. The van der Waals surface area contributed by atoms with Crippen LogP contribution in [-0.2, 0) is 22.4 Å². The van der Waals surface area contributed by atoms with E-state index in [1.165, 1.54) is 18.2 Å². The van der Waals surface area contributed by atoms with Crippen molar-refractivity contribution in [1.29, 1.82) is 0 Å². The van der Waals surface area contributed by atoms with Crippen LogP contribution in [0.25, 0.3) is 0 Å². The SMILES string of the molecule is O=CCc1cc2c(cc1[N+](=O)[O-])CC=CC(=O)O2. The molecule has 0 amide bonds. The molecule has 0 saturated heterocycles. The fraction of sp³-hybridized carbons (Fsp3) is 0.167. The average molecular weight is 247 g/mol. The zero-order valence-electron chi connectivity index (χ0n) is 9.29. The van der Waals surface area contributed by atoms with E-state index < -0.39 is 10.9 Å². The summed E-state index contributed by atoms with van der Waals surface area (Å²) in [7, 11) is 0. The van der Waals surface area contributed by atoms with Crippen LogP contribution in [-0.4, -0.2) is 17.2 Å². The fourth-order valence-electron chi connectivity index (χ4n) is 1.76. The summed E-state index contributed by atoms with van der Waals surface area (Å²) in [5.41, 5.74) is 0.661. The molecule has 0 fully saturated rings. The molecule has 92 valence electrons. The predicted molar refractivity (Wildman–Crippen MR) is 61.3 cm³/mol. The van der Waals surface area contributed by atoms with Crippen molar-refractivity contribution in [2.45, 2.75) is 12.8 Å². The second kappa shape index (κ2) is 4.79. The lowest BCUT2D eigenvalue weighted by Gasteiger charge is -2.08. The van der Waals surface area contributed by atoms with Gasteiger partial charge in [0, 0.05) is 29.7 Å². The van der Waals surface area contributed by atoms with Crippen molar-refractivity contribution in [2.75, 3.05) is 0 Å². The third kappa shape index (κ3) is 2.27. The lowest BCUT2D eigenvalue weighted by Crippen LogP contribution is -2.05. The molecule has 0 N–H and O–H groups in total. The van der Waals surface area contributed by atoms with E-state index in [0.29, 0.717) is 18.3 Å². The molecule has 0 atom stereocenters. The molecular weight excluding hydrogens is 238 g/mol. The van der Waals surface area contributed by atoms with Crippen molar-refractivity contribution in [1.82, 2.24) is 0 Å². The van der Waals surface area contributed by atoms with Gasteiger partial charge in [0.1, 0.15) is 12.0 Å². The van der Waals surface area contributed by atoms with Gasteiger partial charge >= 0.3 is 5.97 Å². The minimum atomic E-state index is -0.546. The number of nitro benzene ring substituents is 1. The van der Waals surface area contributed by atoms with Crippen molar-refractivity contribution in [3.8, 4) is 5.75 Å². The van der Waals surface area contributed by atoms with Gasteiger partial charge in [-0.25, -0.2) is 4.79 Å². The minimum absolute atomic E-state index is 0.0887. The van der Waals surface area contributed by atoms with Gasteiger partial charge in [-0.15, -0.1) is 0 Å². The second-order valence-electron chi connectivity index (χ2n) is 3.74. The zero-order chi connectivity index (χ0) is 13.1. The molecule has 0 radical (unpaired) electrons. The number of ether oxygens (including phenoxy) is 1. The maximum atomic E-state index is 11.2. The molecular formula is C12H9NO5. The smallest absolute Gasteiger partial charge is 0.335 e. The number of fused-ring (bicyclic) bond motifs is 1. The summed E-state index contributed by atoms with van der Waals surface area (Å²) < 4.78 is 5.01. The molecule has 0 unspecified atom stereocenters. The zero-order valence-corrected chi connectivity index (χ0v) is 9.29. The van der Waals surface area contributed by atoms with Gasteiger partial charge in [0.25, 0.3) is 5.69 Å². The number of benzene rings is 1. The Morgan fingerprint density at radius 3 is 2.89 bits per heavy atom. The van der Waals surface area contributed by atoms with E-state index in [2.05, 4.69) is 0 Å². The summed E-state index contributed by atoms with van der Waals surface area (Å²) in [5.74, 6) is -0.257. The molecule has 0 bridgehead atoms. The Kier molecular flexibility index (Phi) is 3.18. The molecule has 1 aromatic rings. The number of allylic oxidation sites excluding steroid dienone is 1. The average Bonchev–Trinajstić information content (AvgIpc) is 2.48. The Bertz CT molecular complexity index is 562. The third-order valence-corrected chi connectivity index (χ3v) is 2.56. The molecule has 1 aromatic carbocycles. The molecule has 0 aromatic heterocycles. The Balaban J connectivity index is 2.54. The highest BCUT2D eigenvalue weighted by Crippen LogP contribution is 2.30. The van der Waals surface area contributed by atoms with Crippen LogP contribution >= 0.6 is 0 Å². The molecule has 2 rings (SSSR count). The van der Waals surface area contributed by atoms with Crippen molar-refractivity contribution in [3.63, 3.8) is 0 Å². The molecule has 1 aliphatic heterocycles. The summed E-state index contributed by atoms with van der Waals surface area (Å²) in [4.78, 5) is 32.1. The van der Waals surface area contributed by atoms with Gasteiger partial charge in [-0.2, -0.15) is 0 Å². The molecule has 1 heterocycles. The van der Waals surface area contributed by atoms with Gasteiger partial charge in [0.15, 0.2) is 0 Å². The molecule has 1 aliphatic rings. The van der Waals surface area contributed by atoms with Gasteiger partial charge in [-0.3, -0.25) is 10.1 Å². The normalized spacial score (nSPS) is 13.4. The highest BCUT2D eigenvalue weighted by atomic mass is 16.6. The Morgan fingerprint density at radius 1 is 1.44 bits per heavy atom. The quantitative estimate of drug-likeness (QED) is 0.264. The summed E-state index contributed by atoms with van der Waals surface area (Å²) in [5, 5.41) is 10.9. The highest BCUT2D eigenvalue weighted by molar-refractivity contribution is 5.85. The minimum Gasteiger partial charge on any atom is -0.423 e. The van der Waals surface area contributed by atoms with Crippen molar-refractivity contribution >= 4 is 17.9 Å². The van der Waals surface area contributed by atoms with Gasteiger partial charge in [0.05, 0.1) is 4.92 Å². The molecule has 0 saturated carbocycles. The lowest BCUT2D eigenvalue weighted by atomic mass is 10.0. The van der Waals surface area contributed by atoms with Crippen LogP contribution in [0.2, 0.25) is 0 Å².